The summed E-state index contributed by atoms with van der Waals surface area (Å²) < 4.78 is 0. The largest absolute Gasteiger partial charge is 0.396 e. The number of aliphatic hydroxyl groups is 1. The highest BCUT2D eigenvalue weighted by Gasteiger charge is 2.24. The summed E-state index contributed by atoms with van der Waals surface area (Å²) in [7, 11) is 0. The van der Waals surface area contributed by atoms with Crippen LogP contribution in [0.4, 0.5) is 0 Å². The van der Waals surface area contributed by atoms with Crippen LogP contribution in [0.15, 0.2) is 0 Å². The van der Waals surface area contributed by atoms with Gasteiger partial charge in [0.05, 0.1) is 0 Å². The Morgan fingerprint density at radius 3 is 2.45 bits per heavy atom. The van der Waals surface area contributed by atoms with Crippen molar-refractivity contribution in [2.24, 2.45) is 11.8 Å². The first-order valence-electron chi connectivity index (χ1n) is 7.73. The maximum atomic E-state index is 12.0. The molecule has 2 atom stereocenters. The van der Waals surface area contributed by atoms with Crippen molar-refractivity contribution in [2.75, 3.05) is 13.2 Å². The summed E-state index contributed by atoms with van der Waals surface area (Å²) in [5.41, 5.74) is 0. The van der Waals surface area contributed by atoms with Crippen LogP contribution >= 0.6 is 0 Å². The van der Waals surface area contributed by atoms with E-state index in [1.165, 1.54) is 6.42 Å². The summed E-state index contributed by atoms with van der Waals surface area (Å²) in [6.07, 6.45) is 5.97. The molecule has 0 heterocycles. The second-order valence-corrected chi connectivity index (χ2v) is 5.93. The summed E-state index contributed by atoms with van der Waals surface area (Å²) in [4.78, 5) is 23.9. The summed E-state index contributed by atoms with van der Waals surface area (Å²) in [6, 6.07) is -0.495. The molecule has 0 spiro atoms. The number of nitrogens with one attached hydrogen (secondary N) is 2. The standard InChI is InChI=1S/C15H28N2O3/c1-11(8-9-18)10-16-14(19)12(2)17-15(20)13-6-4-3-5-7-13/h11-13,18H,3-10H2,1-2H3,(H,16,19)(H,17,20). The van der Waals surface area contributed by atoms with Crippen molar-refractivity contribution in [3.05, 3.63) is 0 Å². The van der Waals surface area contributed by atoms with Gasteiger partial charge in [-0.25, -0.2) is 0 Å². The van der Waals surface area contributed by atoms with E-state index < -0.39 is 6.04 Å². The van der Waals surface area contributed by atoms with Crippen LogP contribution in [0.5, 0.6) is 0 Å². The number of amides is 2. The third kappa shape index (κ3) is 5.90. The van der Waals surface area contributed by atoms with Crippen molar-refractivity contribution in [1.29, 1.82) is 0 Å². The molecule has 1 rings (SSSR count). The molecule has 1 aliphatic rings. The molecule has 0 saturated heterocycles. The molecule has 1 fully saturated rings. The maximum absolute atomic E-state index is 12.0. The van der Waals surface area contributed by atoms with E-state index in [2.05, 4.69) is 10.6 Å². The molecule has 5 nitrogen and oxygen atoms in total. The maximum Gasteiger partial charge on any atom is 0.242 e. The summed E-state index contributed by atoms with van der Waals surface area (Å²) in [5.74, 6) is 0.173. The minimum Gasteiger partial charge on any atom is -0.396 e. The Kier molecular flexibility index (Phi) is 7.59. The van der Waals surface area contributed by atoms with Gasteiger partial charge in [-0.2, -0.15) is 0 Å². The molecular formula is C15H28N2O3. The molecule has 0 aromatic heterocycles. The van der Waals surface area contributed by atoms with Crippen LogP contribution < -0.4 is 10.6 Å². The lowest BCUT2D eigenvalue weighted by atomic mass is 9.88. The predicted molar refractivity (Wildman–Crippen MR) is 78.1 cm³/mol. The highest BCUT2D eigenvalue weighted by atomic mass is 16.3. The van der Waals surface area contributed by atoms with Crippen molar-refractivity contribution in [2.45, 2.75) is 58.4 Å². The quantitative estimate of drug-likeness (QED) is 0.657. The van der Waals surface area contributed by atoms with Crippen LogP contribution in [0.25, 0.3) is 0 Å². The van der Waals surface area contributed by atoms with Crippen molar-refractivity contribution < 1.29 is 14.7 Å². The van der Waals surface area contributed by atoms with Gasteiger partial charge in [-0.15, -0.1) is 0 Å². The van der Waals surface area contributed by atoms with Crippen LogP contribution in [-0.4, -0.2) is 36.1 Å². The smallest absolute Gasteiger partial charge is 0.242 e. The summed E-state index contributed by atoms with van der Waals surface area (Å²) in [5, 5.41) is 14.4. The highest BCUT2D eigenvalue weighted by molar-refractivity contribution is 5.88. The number of carbonyl (C=O) groups is 2. The highest BCUT2D eigenvalue weighted by Crippen LogP contribution is 2.23. The Bertz CT molecular complexity index is 314. The number of rotatable bonds is 7. The molecule has 0 bridgehead atoms. The fourth-order valence-corrected chi connectivity index (χ4v) is 2.51. The lowest BCUT2D eigenvalue weighted by Crippen LogP contribution is -2.47. The molecule has 5 heteroatoms. The van der Waals surface area contributed by atoms with Crippen molar-refractivity contribution in [1.82, 2.24) is 10.6 Å². The van der Waals surface area contributed by atoms with Gasteiger partial charge < -0.3 is 15.7 Å². The van der Waals surface area contributed by atoms with Gasteiger partial charge in [0.1, 0.15) is 6.04 Å². The number of aliphatic hydroxyl groups excluding tert-OH is 1. The van der Waals surface area contributed by atoms with E-state index in [0.29, 0.717) is 13.0 Å². The monoisotopic (exact) mass is 284 g/mol. The number of hydrogen-bond donors (Lipinski definition) is 3. The Balaban J connectivity index is 2.27. The van der Waals surface area contributed by atoms with E-state index in [0.717, 1.165) is 25.7 Å². The van der Waals surface area contributed by atoms with Crippen LogP contribution in [0, 0.1) is 11.8 Å². The zero-order valence-electron chi connectivity index (χ0n) is 12.7. The van der Waals surface area contributed by atoms with E-state index in [1.807, 2.05) is 6.92 Å². The normalized spacial score (nSPS) is 19.1. The molecule has 0 aliphatic heterocycles. The molecule has 1 saturated carbocycles. The molecule has 0 aromatic carbocycles. The molecule has 3 N–H and O–H groups in total. The minimum absolute atomic E-state index is 0.00996. The van der Waals surface area contributed by atoms with Gasteiger partial charge in [0.25, 0.3) is 0 Å². The van der Waals surface area contributed by atoms with E-state index in [1.54, 1.807) is 6.92 Å². The molecule has 0 aromatic rings. The van der Waals surface area contributed by atoms with E-state index in [4.69, 9.17) is 5.11 Å². The molecular weight excluding hydrogens is 256 g/mol. The summed E-state index contributed by atoms with van der Waals surface area (Å²) >= 11 is 0. The molecule has 1 aliphatic carbocycles. The molecule has 2 unspecified atom stereocenters. The Morgan fingerprint density at radius 1 is 1.20 bits per heavy atom. The lowest BCUT2D eigenvalue weighted by molar-refractivity contribution is -0.131. The molecule has 0 radical (unpaired) electrons. The first-order chi connectivity index (χ1) is 9.54. The zero-order chi connectivity index (χ0) is 15.0. The van der Waals surface area contributed by atoms with Crippen molar-refractivity contribution in [3.63, 3.8) is 0 Å². The van der Waals surface area contributed by atoms with Gasteiger partial charge in [-0.05, 0) is 32.1 Å². The molecule has 116 valence electrons. The predicted octanol–water partition coefficient (Wildman–Crippen LogP) is 1.21. The fraction of sp³-hybridized carbons (Fsp3) is 0.867. The van der Waals surface area contributed by atoms with Crippen LogP contribution in [0.2, 0.25) is 0 Å². The third-order valence-electron chi connectivity index (χ3n) is 3.97. The minimum atomic E-state index is -0.495. The topological polar surface area (TPSA) is 78.4 Å². The first kappa shape index (κ1) is 17.0. The first-order valence-corrected chi connectivity index (χ1v) is 7.73. The van der Waals surface area contributed by atoms with Gasteiger partial charge >= 0.3 is 0 Å². The van der Waals surface area contributed by atoms with Gasteiger partial charge in [-0.3, -0.25) is 9.59 Å². The van der Waals surface area contributed by atoms with Crippen molar-refractivity contribution >= 4 is 11.8 Å². The lowest BCUT2D eigenvalue weighted by Gasteiger charge is -2.23. The summed E-state index contributed by atoms with van der Waals surface area (Å²) in [6.45, 7) is 4.35. The second-order valence-electron chi connectivity index (χ2n) is 5.93. The van der Waals surface area contributed by atoms with Gasteiger partial charge in [0.15, 0.2) is 0 Å². The molecule has 20 heavy (non-hydrogen) atoms. The average molecular weight is 284 g/mol. The Labute approximate surface area is 121 Å². The van der Waals surface area contributed by atoms with E-state index in [9.17, 15) is 9.59 Å². The Morgan fingerprint density at radius 2 is 1.85 bits per heavy atom. The van der Waals surface area contributed by atoms with Gasteiger partial charge in [0, 0.05) is 19.1 Å². The second kappa shape index (κ2) is 8.95. The van der Waals surface area contributed by atoms with Crippen LogP contribution in [0.3, 0.4) is 0 Å². The SMILES string of the molecule is CC(CCO)CNC(=O)C(C)NC(=O)C1CCCCC1. The van der Waals surface area contributed by atoms with Gasteiger partial charge in [0.2, 0.25) is 11.8 Å². The Hall–Kier alpha value is -1.10. The van der Waals surface area contributed by atoms with Gasteiger partial charge in [-0.1, -0.05) is 26.2 Å². The molecule has 2 amide bonds. The van der Waals surface area contributed by atoms with E-state index in [-0.39, 0.29) is 30.3 Å². The number of hydrogen-bond acceptors (Lipinski definition) is 3. The van der Waals surface area contributed by atoms with Crippen molar-refractivity contribution in [3.8, 4) is 0 Å². The third-order valence-corrected chi connectivity index (χ3v) is 3.97. The zero-order valence-corrected chi connectivity index (χ0v) is 12.7. The number of carbonyl (C=O) groups excluding carboxylic acids is 2. The fourth-order valence-electron chi connectivity index (χ4n) is 2.51. The van der Waals surface area contributed by atoms with Crippen LogP contribution in [0.1, 0.15) is 52.4 Å². The average Bonchev–Trinajstić information content (AvgIpc) is 2.45. The van der Waals surface area contributed by atoms with Crippen LogP contribution in [-0.2, 0) is 9.59 Å². The van der Waals surface area contributed by atoms with E-state index >= 15 is 0 Å².